The van der Waals surface area contributed by atoms with Crippen molar-refractivity contribution < 1.29 is 9.47 Å². The molecule has 2 atom stereocenters. The summed E-state index contributed by atoms with van der Waals surface area (Å²) in [4.78, 5) is 0. The largest absolute Gasteiger partial charge is 0.381 e. The molecule has 0 amide bonds. The van der Waals surface area contributed by atoms with Gasteiger partial charge >= 0.3 is 0 Å². The van der Waals surface area contributed by atoms with Crippen LogP contribution in [-0.4, -0.2) is 39.0 Å². The minimum Gasteiger partial charge on any atom is -0.381 e. The summed E-state index contributed by atoms with van der Waals surface area (Å²) in [6.45, 7) is 7.06. The molecule has 0 radical (unpaired) electrons. The van der Waals surface area contributed by atoms with Crippen LogP contribution in [0.1, 0.15) is 45.4 Å². The van der Waals surface area contributed by atoms with E-state index in [1.807, 2.05) is 0 Å². The molecule has 3 nitrogen and oxygen atoms in total. The molecular weight excluding hydrogens is 226 g/mol. The summed E-state index contributed by atoms with van der Waals surface area (Å²) in [5.74, 6) is 1.59. The lowest BCUT2D eigenvalue weighted by Gasteiger charge is -2.23. The number of hydrogen-bond donors (Lipinski definition) is 1. The van der Waals surface area contributed by atoms with Gasteiger partial charge in [0.15, 0.2) is 0 Å². The van der Waals surface area contributed by atoms with Gasteiger partial charge in [-0.05, 0) is 50.5 Å². The second-order valence-electron chi connectivity index (χ2n) is 5.77. The molecule has 3 heteroatoms. The minimum atomic E-state index is 0.742. The molecule has 2 rings (SSSR count). The van der Waals surface area contributed by atoms with Gasteiger partial charge in [-0.1, -0.05) is 13.3 Å². The van der Waals surface area contributed by atoms with Crippen LogP contribution in [0.25, 0.3) is 0 Å². The van der Waals surface area contributed by atoms with Gasteiger partial charge in [0.05, 0.1) is 0 Å². The van der Waals surface area contributed by atoms with Crippen molar-refractivity contribution in [1.82, 2.24) is 5.32 Å². The molecule has 18 heavy (non-hydrogen) atoms. The van der Waals surface area contributed by atoms with Gasteiger partial charge in [0.2, 0.25) is 0 Å². The highest BCUT2D eigenvalue weighted by atomic mass is 16.5. The third-order valence-corrected chi connectivity index (χ3v) is 4.45. The number of rotatable bonds is 7. The predicted octanol–water partition coefficient (Wildman–Crippen LogP) is 2.60. The number of ether oxygens (including phenoxy) is 2. The van der Waals surface area contributed by atoms with Crippen molar-refractivity contribution in [3.63, 3.8) is 0 Å². The van der Waals surface area contributed by atoms with E-state index in [-0.39, 0.29) is 0 Å². The maximum atomic E-state index is 5.88. The summed E-state index contributed by atoms with van der Waals surface area (Å²) < 4.78 is 11.2. The molecule has 2 fully saturated rings. The van der Waals surface area contributed by atoms with Gasteiger partial charge in [0, 0.05) is 32.5 Å². The average Bonchev–Trinajstić information content (AvgIpc) is 2.84. The second kappa shape index (κ2) is 8.13. The van der Waals surface area contributed by atoms with Crippen molar-refractivity contribution >= 4 is 0 Å². The van der Waals surface area contributed by atoms with Gasteiger partial charge in [0.25, 0.3) is 0 Å². The Balaban J connectivity index is 1.54. The van der Waals surface area contributed by atoms with Crippen molar-refractivity contribution in [2.24, 2.45) is 11.8 Å². The third-order valence-electron chi connectivity index (χ3n) is 4.45. The van der Waals surface area contributed by atoms with Gasteiger partial charge < -0.3 is 14.8 Å². The Morgan fingerprint density at radius 3 is 2.78 bits per heavy atom. The van der Waals surface area contributed by atoms with E-state index in [0.29, 0.717) is 0 Å². The lowest BCUT2D eigenvalue weighted by atomic mass is 9.99. The topological polar surface area (TPSA) is 30.5 Å². The first-order valence-corrected chi connectivity index (χ1v) is 7.79. The summed E-state index contributed by atoms with van der Waals surface area (Å²) in [6, 6.07) is 0.752. The molecule has 1 aliphatic heterocycles. The summed E-state index contributed by atoms with van der Waals surface area (Å²) in [5.41, 5.74) is 0. The van der Waals surface area contributed by atoms with Crippen LogP contribution >= 0.6 is 0 Å². The van der Waals surface area contributed by atoms with E-state index >= 15 is 0 Å². The number of nitrogens with one attached hydrogen (secondary N) is 1. The fourth-order valence-corrected chi connectivity index (χ4v) is 3.31. The van der Waals surface area contributed by atoms with Gasteiger partial charge in [-0.2, -0.15) is 0 Å². The Labute approximate surface area is 112 Å². The second-order valence-corrected chi connectivity index (χ2v) is 5.77. The third kappa shape index (κ3) is 4.52. The Bertz CT molecular complexity index is 217. The number of hydrogen-bond acceptors (Lipinski definition) is 3. The molecule has 1 saturated carbocycles. The first-order chi connectivity index (χ1) is 8.90. The zero-order valence-electron chi connectivity index (χ0n) is 11.8. The van der Waals surface area contributed by atoms with Crippen LogP contribution in [0.3, 0.4) is 0 Å². The smallest absolute Gasteiger partial charge is 0.0495 e. The fourth-order valence-electron chi connectivity index (χ4n) is 3.31. The lowest BCUT2D eigenvalue weighted by Crippen LogP contribution is -2.32. The van der Waals surface area contributed by atoms with Crippen LogP contribution in [0.5, 0.6) is 0 Å². The Kier molecular flexibility index (Phi) is 6.46. The van der Waals surface area contributed by atoms with Crippen molar-refractivity contribution in [2.75, 3.05) is 33.0 Å². The molecule has 2 unspecified atom stereocenters. The van der Waals surface area contributed by atoms with E-state index < -0.39 is 0 Å². The maximum absolute atomic E-state index is 5.88. The lowest BCUT2D eigenvalue weighted by molar-refractivity contribution is 0.0172. The quantitative estimate of drug-likeness (QED) is 0.709. The van der Waals surface area contributed by atoms with E-state index in [2.05, 4.69) is 12.2 Å². The van der Waals surface area contributed by atoms with Crippen molar-refractivity contribution in [3.05, 3.63) is 0 Å². The van der Waals surface area contributed by atoms with Crippen molar-refractivity contribution in [1.29, 1.82) is 0 Å². The van der Waals surface area contributed by atoms with Crippen LogP contribution in [0.4, 0.5) is 0 Å². The normalized spacial score (nSPS) is 29.8. The summed E-state index contributed by atoms with van der Waals surface area (Å²) in [7, 11) is 0. The van der Waals surface area contributed by atoms with Gasteiger partial charge in [0.1, 0.15) is 0 Å². The van der Waals surface area contributed by atoms with Crippen LogP contribution in [0, 0.1) is 11.8 Å². The zero-order valence-corrected chi connectivity index (χ0v) is 11.8. The molecule has 0 aromatic rings. The van der Waals surface area contributed by atoms with Gasteiger partial charge in [-0.3, -0.25) is 0 Å². The maximum Gasteiger partial charge on any atom is 0.0495 e. The molecule has 1 heterocycles. The van der Waals surface area contributed by atoms with Crippen LogP contribution in [-0.2, 0) is 9.47 Å². The molecular formula is C15H29NO2. The standard InChI is InChI=1S/C15H29NO2/c1-2-16-15-5-3-4-14(15)8-11-18-12-13-6-9-17-10-7-13/h13-16H,2-12H2,1H3. The monoisotopic (exact) mass is 255 g/mol. The van der Waals surface area contributed by atoms with E-state index in [0.717, 1.165) is 50.8 Å². The van der Waals surface area contributed by atoms with E-state index in [9.17, 15) is 0 Å². The summed E-state index contributed by atoms with van der Waals surface area (Å²) >= 11 is 0. The first-order valence-electron chi connectivity index (χ1n) is 7.79. The van der Waals surface area contributed by atoms with Crippen molar-refractivity contribution in [3.8, 4) is 0 Å². The van der Waals surface area contributed by atoms with E-state index in [4.69, 9.17) is 9.47 Å². The molecule has 0 spiro atoms. The molecule has 106 valence electrons. The molecule has 1 saturated heterocycles. The summed E-state index contributed by atoms with van der Waals surface area (Å²) in [6.07, 6.45) is 7.74. The van der Waals surface area contributed by atoms with E-state index in [1.165, 1.54) is 38.5 Å². The molecule has 1 N–H and O–H groups in total. The average molecular weight is 255 g/mol. The highest BCUT2D eigenvalue weighted by molar-refractivity contribution is 4.82. The van der Waals surface area contributed by atoms with Gasteiger partial charge in [-0.25, -0.2) is 0 Å². The zero-order chi connectivity index (χ0) is 12.6. The minimum absolute atomic E-state index is 0.742. The first kappa shape index (κ1) is 14.3. The molecule has 2 aliphatic rings. The van der Waals surface area contributed by atoms with Crippen LogP contribution in [0.2, 0.25) is 0 Å². The fraction of sp³-hybridized carbons (Fsp3) is 1.00. The van der Waals surface area contributed by atoms with Crippen LogP contribution < -0.4 is 5.32 Å². The van der Waals surface area contributed by atoms with Crippen LogP contribution in [0.15, 0.2) is 0 Å². The Morgan fingerprint density at radius 1 is 1.17 bits per heavy atom. The SMILES string of the molecule is CCNC1CCCC1CCOCC1CCOCC1. The van der Waals surface area contributed by atoms with Gasteiger partial charge in [-0.15, -0.1) is 0 Å². The predicted molar refractivity (Wildman–Crippen MR) is 73.8 cm³/mol. The Hall–Kier alpha value is -0.120. The highest BCUT2D eigenvalue weighted by Gasteiger charge is 2.25. The molecule has 1 aliphatic carbocycles. The molecule has 0 aromatic heterocycles. The highest BCUT2D eigenvalue weighted by Crippen LogP contribution is 2.28. The Morgan fingerprint density at radius 2 is 2.00 bits per heavy atom. The molecule has 0 aromatic carbocycles. The van der Waals surface area contributed by atoms with E-state index in [1.54, 1.807) is 0 Å². The molecule has 0 bridgehead atoms. The summed E-state index contributed by atoms with van der Waals surface area (Å²) in [5, 5.41) is 3.61. The van der Waals surface area contributed by atoms with Crippen molar-refractivity contribution in [2.45, 2.75) is 51.5 Å².